The van der Waals surface area contributed by atoms with E-state index >= 15 is 0 Å². The summed E-state index contributed by atoms with van der Waals surface area (Å²) in [4.78, 5) is 11.3. The molecule has 0 N–H and O–H groups in total. The van der Waals surface area contributed by atoms with Crippen LogP contribution in [0.3, 0.4) is 0 Å². The van der Waals surface area contributed by atoms with Gasteiger partial charge in [-0.15, -0.1) is 0 Å². The summed E-state index contributed by atoms with van der Waals surface area (Å²) in [7, 11) is 0. The molecule has 1 aromatic rings. The normalized spacial score (nSPS) is 18.6. The summed E-state index contributed by atoms with van der Waals surface area (Å²) >= 11 is 5.91. The van der Waals surface area contributed by atoms with E-state index in [-0.39, 0.29) is 5.02 Å². The molecular formula is C12H11ClFO2-. The minimum atomic E-state index is -1.11. The van der Waals surface area contributed by atoms with Crippen molar-refractivity contribution in [3.05, 3.63) is 34.6 Å². The molecule has 2 nitrogen and oxygen atoms in total. The van der Waals surface area contributed by atoms with E-state index in [0.29, 0.717) is 18.4 Å². The second-order valence-electron chi connectivity index (χ2n) is 4.20. The number of benzene rings is 1. The van der Waals surface area contributed by atoms with Gasteiger partial charge in [0.2, 0.25) is 0 Å². The Kier molecular flexibility index (Phi) is 2.89. The molecule has 1 fully saturated rings. The van der Waals surface area contributed by atoms with Gasteiger partial charge in [-0.2, -0.15) is 0 Å². The number of carbonyl (C=O) groups excluding carboxylic acids is 1. The third kappa shape index (κ3) is 1.69. The molecule has 1 saturated carbocycles. The molecule has 1 aliphatic rings. The molecule has 1 aliphatic carbocycles. The Labute approximate surface area is 98.0 Å². The molecule has 0 aliphatic heterocycles. The Balaban J connectivity index is 2.51. The van der Waals surface area contributed by atoms with Gasteiger partial charge < -0.3 is 9.90 Å². The van der Waals surface area contributed by atoms with Crippen molar-refractivity contribution >= 4 is 17.6 Å². The molecule has 4 heteroatoms. The Morgan fingerprint density at radius 2 is 2.00 bits per heavy atom. The largest absolute Gasteiger partial charge is 0.549 e. The highest BCUT2D eigenvalue weighted by atomic mass is 35.5. The third-order valence-corrected chi connectivity index (χ3v) is 3.61. The Morgan fingerprint density at radius 1 is 1.38 bits per heavy atom. The quantitative estimate of drug-likeness (QED) is 0.795. The molecule has 0 spiro atoms. The van der Waals surface area contributed by atoms with E-state index in [1.165, 1.54) is 12.1 Å². The molecule has 0 aromatic heterocycles. The van der Waals surface area contributed by atoms with Gasteiger partial charge in [0.25, 0.3) is 0 Å². The Morgan fingerprint density at radius 3 is 2.50 bits per heavy atom. The lowest BCUT2D eigenvalue weighted by Gasteiger charge is -2.31. The van der Waals surface area contributed by atoms with Gasteiger partial charge >= 0.3 is 0 Å². The Hall–Kier alpha value is -1.09. The third-order valence-electron chi connectivity index (χ3n) is 3.29. The summed E-state index contributed by atoms with van der Waals surface area (Å²) in [5.74, 6) is -1.57. The molecule has 0 heterocycles. The number of halogens is 2. The number of hydrogen-bond donors (Lipinski definition) is 0. The van der Waals surface area contributed by atoms with E-state index in [2.05, 4.69) is 0 Å². The fourth-order valence-corrected chi connectivity index (χ4v) is 2.79. The van der Waals surface area contributed by atoms with E-state index in [1.807, 2.05) is 0 Å². The van der Waals surface area contributed by atoms with Gasteiger partial charge in [-0.1, -0.05) is 30.5 Å². The zero-order valence-electron chi connectivity index (χ0n) is 8.63. The lowest BCUT2D eigenvalue weighted by Crippen LogP contribution is -2.44. The van der Waals surface area contributed by atoms with Gasteiger partial charge in [-0.05, 0) is 30.5 Å². The van der Waals surface area contributed by atoms with Crippen LogP contribution >= 0.6 is 11.6 Å². The van der Waals surface area contributed by atoms with Crippen molar-refractivity contribution in [1.82, 2.24) is 0 Å². The van der Waals surface area contributed by atoms with Crippen molar-refractivity contribution in [2.24, 2.45) is 0 Å². The number of carbonyl (C=O) groups is 1. The first-order valence-electron chi connectivity index (χ1n) is 5.23. The first-order valence-corrected chi connectivity index (χ1v) is 5.61. The maximum absolute atomic E-state index is 12.9. The van der Waals surface area contributed by atoms with Gasteiger partial charge in [0.1, 0.15) is 5.82 Å². The molecule has 86 valence electrons. The van der Waals surface area contributed by atoms with Crippen LogP contribution in [-0.4, -0.2) is 5.97 Å². The van der Waals surface area contributed by atoms with Crippen LogP contribution in [0.1, 0.15) is 31.2 Å². The van der Waals surface area contributed by atoms with Crippen molar-refractivity contribution in [3.8, 4) is 0 Å². The topological polar surface area (TPSA) is 40.1 Å². The first-order chi connectivity index (χ1) is 7.56. The average molecular weight is 242 g/mol. The summed E-state index contributed by atoms with van der Waals surface area (Å²) in [6.07, 6.45) is 2.70. The molecule has 2 rings (SSSR count). The predicted molar refractivity (Wildman–Crippen MR) is 56.6 cm³/mol. The zero-order valence-corrected chi connectivity index (χ0v) is 9.39. The standard InChI is InChI=1S/C12H12ClFO2/c13-10-7-8(14)3-4-9(10)12(11(15)16)5-1-2-6-12/h3-4,7H,1-2,5-6H2,(H,15,16)/p-1. The number of carboxylic acids is 1. The predicted octanol–water partition coefficient (Wildman–Crippen LogP) is 2.04. The fourth-order valence-electron chi connectivity index (χ4n) is 2.44. The van der Waals surface area contributed by atoms with E-state index < -0.39 is 17.2 Å². The summed E-state index contributed by atoms with van der Waals surface area (Å²) in [6.45, 7) is 0. The van der Waals surface area contributed by atoms with Crippen molar-refractivity contribution in [1.29, 1.82) is 0 Å². The molecule has 0 amide bonds. The van der Waals surface area contributed by atoms with E-state index in [9.17, 15) is 14.3 Å². The van der Waals surface area contributed by atoms with Crippen LogP contribution in [0.15, 0.2) is 18.2 Å². The molecule has 0 radical (unpaired) electrons. The van der Waals surface area contributed by atoms with Crippen molar-refractivity contribution in [3.63, 3.8) is 0 Å². The van der Waals surface area contributed by atoms with Gasteiger partial charge in [-0.25, -0.2) is 4.39 Å². The number of hydrogen-bond acceptors (Lipinski definition) is 2. The van der Waals surface area contributed by atoms with Crippen LogP contribution in [0.25, 0.3) is 0 Å². The number of aliphatic carboxylic acids is 1. The molecule has 0 bridgehead atoms. The lowest BCUT2D eigenvalue weighted by atomic mass is 9.79. The van der Waals surface area contributed by atoms with Gasteiger partial charge in [0, 0.05) is 10.4 Å². The van der Waals surface area contributed by atoms with Crippen molar-refractivity contribution in [2.75, 3.05) is 0 Å². The maximum atomic E-state index is 12.9. The molecular weight excluding hydrogens is 231 g/mol. The molecule has 0 atom stereocenters. The SMILES string of the molecule is O=C([O-])C1(c2ccc(F)cc2Cl)CCCC1. The molecule has 1 aromatic carbocycles. The van der Waals surface area contributed by atoms with Crippen LogP contribution in [0.4, 0.5) is 4.39 Å². The Bertz CT molecular complexity index is 425. The zero-order chi connectivity index (χ0) is 11.8. The lowest BCUT2D eigenvalue weighted by molar-refractivity contribution is -0.313. The van der Waals surface area contributed by atoms with E-state index in [0.717, 1.165) is 18.9 Å². The van der Waals surface area contributed by atoms with Crippen LogP contribution in [0.2, 0.25) is 5.02 Å². The van der Waals surface area contributed by atoms with Crippen LogP contribution in [0.5, 0.6) is 0 Å². The van der Waals surface area contributed by atoms with Gasteiger partial charge in [-0.3, -0.25) is 0 Å². The molecule has 0 saturated heterocycles. The van der Waals surface area contributed by atoms with Crippen molar-refractivity contribution in [2.45, 2.75) is 31.1 Å². The van der Waals surface area contributed by atoms with Crippen molar-refractivity contribution < 1.29 is 14.3 Å². The second kappa shape index (κ2) is 4.06. The minimum Gasteiger partial charge on any atom is -0.549 e. The van der Waals surface area contributed by atoms with Crippen LogP contribution in [0, 0.1) is 5.82 Å². The highest BCUT2D eigenvalue weighted by molar-refractivity contribution is 6.31. The summed E-state index contributed by atoms with van der Waals surface area (Å²) in [5.41, 5.74) is -0.543. The van der Waals surface area contributed by atoms with Crippen LogP contribution < -0.4 is 5.11 Å². The summed E-state index contributed by atoms with van der Waals surface area (Å²) in [5, 5.41) is 11.5. The van der Waals surface area contributed by atoms with E-state index in [1.54, 1.807) is 0 Å². The highest BCUT2D eigenvalue weighted by Gasteiger charge is 2.38. The second-order valence-corrected chi connectivity index (χ2v) is 4.61. The monoisotopic (exact) mass is 241 g/mol. The molecule has 16 heavy (non-hydrogen) atoms. The smallest absolute Gasteiger partial charge is 0.124 e. The highest BCUT2D eigenvalue weighted by Crippen LogP contribution is 2.43. The van der Waals surface area contributed by atoms with E-state index in [4.69, 9.17) is 11.6 Å². The number of carboxylic acid groups (broad SMARTS) is 1. The number of rotatable bonds is 2. The minimum absolute atomic E-state index is 0.172. The van der Waals surface area contributed by atoms with Gasteiger partial charge in [0.05, 0.1) is 5.97 Å². The molecule has 0 unspecified atom stereocenters. The summed E-state index contributed by atoms with van der Waals surface area (Å²) < 4.78 is 12.9. The maximum Gasteiger partial charge on any atom is 0.124 e. The fraction of sp³-hybridized carbons (Fsp3) is 0.417. The van der Waals surface area contributed by atoms with Gasteiger partial charge in [0.15, 0.2) is 0 Å². The summed E-state index contributed by atoms with van der Waals surface area (Å²) in [6, 6.07) is 3.85. The van der Waals surface area contributed by atoms with Crippen LogP contribution in [-0.2, 0) is 10.2 Å². The average Bonchev–Trinajstić information content (AvgIpc) is 2.67. The first kappa shape index (κ1) is 11.4.